The van der Waals surface area contributed by atoms with Crippen molar-refractivity contribution in [3.8, 4) is 0 Å². The fourth-order valence-electron chi connectivity index (χ4n) is 2.39. The summed E-state index contributed by atoms with van der Waals surface area (Å²) in [6.07, 6.45) is 2.15. The van der Waals surface area contributed by atoms with Crippen LogP contribution < -0.4 is 5.56 Å². The highest BCUT2D eigenvalue weighted by Crippen LogP contribution is 2.20. The fraction of sp³-hybridized carbons (Fsp3) is 0.188. The zero-order chi connectivity index (χ0) is 14.1. The average molecular weight is 265 g/mol. The van der Waals surface area contributed by atoms with E-state index in [-0.39, 0.29) is 5.56 Å². The van der Waals surface area contributed by atoms with E-state index in [4.69, 9.17) is 0 Å². The van der Waals surface area contributed by atoms with Gasteiger partial charge in [-0.2, -0.15) is 0 Å². The molecule has 0 fully saturated rings. The number of pyridine rings is 1. The third-order valence-corrected chi connectivity index (χ3v) is 3.66. The lowest BCUT2D eigenvalue weighted by atomic mass is 10.0. The van der Waals surface area contributed by atoms with Crippen molar-refractivity contribution < 1.29 is 0 Å². The number of hydrogen-bond acceptors (Lipinski definition) is 3. The molecule has 0 amide bonds. The molecule has 0 spiro atoms. The second kappa shape index (κ2) is 4.89. The van der Waals surface area contributed by atoms with E-state index in [9.17, 15) is 4.79 Å². The Morgan fingerprint density at radius 2 is 1.85 bits per heavy atom. The van der Waals surface area contributed by atoms with E-state index in [0.717, 1.165) is 23.2 Å². The Bertz CT molecular complexity index is 822. The molecular formula is C16H15N3O. The van der Waals surface area contributed by atoms with Crippen LogP contribution in [0.5, 0.6) is 0 Å². The van der Waals surface area contributed by atoms with Gasteiger partial charge in [0.05, 0.1) is 17.4 Å². The van der Waals surface area contributed by atoms with Crippen molar-refractivity contribution >= 4 is 11.0 Å². The number of aromatic amines is 1. The van der Waals surface area contributed by atoms with Gasteiger partial charge in [-0.15, -0.1) is 0 Å². The molecule has 3 rings (SSSR count). The average Bonchev–Trinajstić information content (AvgIpc) is 2.45. The largest absolute Gasteiger partial charge is 0.312 e. The van der Waals surface area contributed by atoms with Gasteiger partial charge in [-0.3, -0.25) is 4.79 Å². The Hall–Kier alpha value is -2.49. The van der Waals surface area contributed by atoms with Gasteiger partial charge in [0.1, 0.15) is 0 Å². The van der Waals surface area contributed by atoms with Gasteiger partial charge in [-0.05, 0) is 30.5 Å². The minimum Gasteiger partial charge on any atom is -0.312 e. The van der Waals surface area contributed by atoms with Crippen LogP contribution in [0.1, 0.15) is 22.4 Å². The van der Waals surface area contributed by atoms with Crippen molar-refractivity contribution in [1.82, 2.24) is 15.0 Å². The molecule has 0 saturated carbocycles. The first-order valence-electron chi connectivity index (χ1n) is 6.54. The van der Waals surface area contributed by atoms with E-state index in [1.807, 2.05) is 32.0 Å². The topological polar surface area (TPSA) is 58.6 Å². The molecule has 20 heavy (non-hydrogen) atoms. The number of nitrogens with one attached hydrogen (secondary N) is 1. The molecular weight excluding hydrogens is 250 g/mol. The zero-order valence-corrected chi connectivity index (χ0v) is 11.5. The zero-order valence-electron chi connectivity index (χ0n) is 11.5. The predicted molar refractivity (Wildman–Crippen MR) is 78.9 cm³/mol. The maximum atomic E-state index is 11.9. The highest BCUT2D eigenvalue weighted by atomic mass is 16.1. The van der Waals surface area contributed by atoms with Crippen LogP contribution in [0.3, 0.4) is 0 Å². The minimum atomic E-state index is -0.130. The molecule has 0 aliphatic heterocycles. The van der Waals surface area contributed by atoms with Crippen LogP contribution in [0.2, 0.25) is 0 Å². The number of H-pyrrole nitrogens is 1. The lowest BCUT2D eigenvalue weighted by Gasteiger charge is -2.10. The number of hydrogen-bond donors (Lipinski definition) is 1. The highest BCUT2D eigenvalue weighted by molar-refractivity contribution is 5.78. The number of benzene rings is 1. The molecule has 0 atom stereocenters. The first-order chi connectivity index (χ1) is 9.66. The molecule has 1 aromatic carbocycles. The summed E-state index contributed by atoms with van der Waals surface area (Å²) in [5.41, 5.74) is 4.57. The Morgan fingerprint density at radius 1 is 1.10 bits per heavy atom. The molecule has 4 heteroatoms. The quantitative estimate of drug-likeness (QED) is 0.774. The van der Waals surface area contributed by atoms with Crippen LogP contribution in [0.15, 0.2) is 41.5 Å². The maximum absolute atomic E-state index is 11.9. The van der Waals surface area contributed by atoms with Crippen molar-refractivity contribution in [3.05, 3.63) is 69.4 Å². The molecule has 0 aliphatic carbocycles. The van der Waals surface area contributed by atoms with E-state index < -0.39 is 0 Å². The second-order valence-corrected chi connectivity index (χ2v) is 4.90. The second-order valence-electron chi connectivity index (χ2n) is 4.90. The lowest BCUT2D eigenvalue weighted by molar-refractivity contribution is 1.03. The Balaban J connectivity index is 2.18. The monoisotopic (exact) mass is 265 g/mol. The summed E-state index contributed by atoms with van der Waals surface area (Å²) in [5.74, 6) is 0. The number of nitrogens with zero attached hydrogens (tertiary/aromatic N) is 2. The van der Waals surface area contributed by atoms with E-state index in [1.165, 1.54) is 11.9 Å². The van der Waals surface area contributed by atoms with Crippen molar-refractivity contribution in [3.63, 3.8) is 0 Å². The molecule has 100 valence electrons. The number of aromatic nitrogens is 3. The van der Waals surface area contributed by atoms with Gasteiger partial charge in [0.2, 0.25) is 0 Å². The van der Waals surface area contributed by atoms with Gasteiger partial charge < -0.3 is 4.98 Å². The lowest BCUT2D eigenvalue weighted by Crippen LogP contribution is -2.11. The molecule has 0 unspecified atom stereocenters. The van der Waals surface area contributed by atoms with Gasteiger partial charge in [0.25, 0.3) is 5.56 Å². The van der Waals surface area contributed by atoms with Crippen molar-refractivity contribution in [1.29, 1.82) is 0 Å². The summed E-state index contributed by atoms with van der Waals surface area (Å²) in [4.78, 5) is 23.2. The Labute approximate surface area is 116 Å². The number of fused-ring (bicyclic) bond motifs is 1. The summed E-state index contributed by atoms with van der Waals surface area (Å²) in [7, 11) is 0. The van der Waals surface area contributed by atoms with Crippen LogP contribution in [-0.4, -0.2) is 15.0 Å². The van der Waals surface area contributed by atoms with Crippen molar-refractivity contribution in [2.45, 2.75) is 20.3 Å². The van der Waals surface area contributed by atoms with Gasteiger partial charge in [0.15, 0.2) is 5.65 Å². The van der Waals surface area contributed by atoms with Crippen LogP contribution in [-0.2, 0) is 6.42 Å². The van der Waals surface area contributed by atoms with Gasteiger partial charge in [-0.1, -0.05) is 30.3 Å². The fourth-order valence-corrected chi connectivity index (χ4v) is 2.39. The van der Waals surface area contributed by atoms with Crippen molar-refractivity contribution in [2.24, 2.45) is 0 Å². The molecule has 3 aromatic rings. The van der Waals surface area contributed by atoms with Gasteiger partial charge >= 0.3 is 0 Å². The number of rotatable bonds is 2. The van der Waals surface area contributed by atoms with Crippen LogP contribution in [0.25, 0.3) is 11.0 Å². The van der Waals surface area contributed by atoms with Gasteiger partial charge in [0, 0.05) is 6.42 Å². The summed E-state index contributed by atoms with van der Waals surface area (Å²) in [6, 6.07) is 10.2. The normalized spacial score (nSPS) is 10.9. The first kappa shape index (κ1) is 12.5. The van der Waals surface area contributed by atoms with Crippen LogP contribution in [0, 0.1) is 13.8 Å². The third kappa shape index (κ3) is 2.09. The van der Waals surface area contributed by atoms with Gasteiger partial charge in [-0.25, -0.2) is 9.97 Å². The molecule has 0 aliphatic rings. The smallest absolute Gasteiger partial charge is 0.260 e. The molecule has 0 radical (unpaired) electrons. The molecule has 2 heterocycles. The molecule has 4 nitrogen and oxygen atoms in total. The van der Waals surface area contributed by atoms with E-state index in [0.29, 0.717) is 11.0 Å². The molecule has 1 N–H and O–H groups in total. The molecule has 0 saturated heterocycles. The Morgan fingerprint density at radius 3 is 2.60 bits per heavy atom. The molecule has 2 aromatic heterocycles. The maximum Gasteiger partial charge on any atom is 0.260 e. The standard InChI is InChI=1S/C16H15N3O/c1-10-11(2)14-15(17-9-18-16(14)20)19-13(10)8-12-6-4-3-5-7-12/h3-7,9H,8H2,1-2H3,(H,17,18,19,20). The summed E-state index contributed by atoms with van der Waals surface area (Å²) < 4.78 is 0. The summed E-state index contributed by atoms with van der Waals surface area (Å²) in [6.45, 7) is 3.96. The minimum absolute atomic E-state index is 0.130. The summed E-state index contributed by atoms with van der Waals surface area (Å²) >= 11 is 0. The van der Waals surface area contributed by atoms with E-state index >= 15 is 0 Å². The Kier molecular flexibility index (Phi) is 3.06. The van der Waals surface area contributed by atoms with Crippen LogP contribution in [0.4, 0.5) is 0 Å². The third-order valence-electron chi connectivity index (χ3n) is 3.66. The summed E-state index contributed by atoms with van der Waals surface area (Å²) in [5, 5.41) is 0.585. The van der Waals surface area contributed by atoms with Crippen molar-refractivity contribution in [2.75, 3.05) is 0 Å². The predicted octanol–water partition coefficient (Wildman–Crippen LogP) is 2.53. The van der Waals surface area contributed by atoms with E-state index in [2.05, 4.69) is 27.1 Å². The SMILES string of the molecule is Cc1c(Cc2ccccc2)nc2nc[nH]c(=O)c2c1C. The number of aryl methyl sites for hydroxylation is 1. The van der Waals surface area contributed by atoms with E-state index in [1.54, 1.807) is 0 Å². The first-order valence-corrected chi connectivity index (χ1v) is 6.54. The highest BCUT2D eigenvalue weighted by Gasteiger charge is 2.12. The van der Waals surface area contributed by atoms with Crippen LogP contribution >= 0.6 is 0 Å². The molecule has 0 bridgehead atoms.